The van der Waals surface area contributed by atoms with Gasteiger partial charge in [0.2, 0.25) is 7.37 Å². The number of carboxylic acids is 4. The summed E-state index contributed by atoms with van der Waals surface area (Å²) in [5.74, 6) is -7.41. The molecule has 0 spiro atoms. The van der Waals surface area contributed by atoms with Crippen molar-refractivity contribution in [3.05, 3.63) is 0 Å². The molecule has 0 amide bonds. The summed E-state index contributed by atoms with van der Waals surface area (Å²) in [6.45, 7) is 0. The van der Waals surface area contributed by atoms with Crippen molar-refractivity contribution in [2.24, 2.45) is 0 Å². The second-order valence-corrected chi connectivity index (χ2v) is 6.17. The maximum atomic E-state index is 11.8. The molecule has 0 aliphatic carbocycles. The van der Waals surface area contributed by atoms with E-state index < -0.39 is 55.4 Å². The summed E-state index contributed by atoms with van der Waals surface area (Å²) in [6.07, 6.45) is -2.57. The Hall–Kier alpha value is -0.930. The SMILES string of the molecule is O=C(O)CC(C(=O)O)P(=O)(O)C(CC(=O)O)C(=O)O.[Na]. The molecule has 0 aromatic heterocycles. The molecule has 12 heteroatoms. The number of hydrogen-bond donors (Lipinski definition) is 5. The molecule has 0 bridgehead atoms. The van der Waals surface area contributed by atoms with E-state index in [4.69, 9.17) is 20.4 Å². The molecule has 2 unspecified atom stereocenters. The molecular formula is C8H11NaO10P. The van der Waals surface area contributed by atoms with Gasteiger partial charge >= 0.3 is 23.9 Å². The summed E-state index contributed by atoms with van der Waals surface area (Å²) in [5.41, 5.74) is -4.77. The molecule has 0 aromatic carbocycles. The molecule has 0 saturated carbocycles. The van der Waals surface area contributed by atoms with Gasteiger partial charge in [0, 0.05) is 29.6 Å². The average molecular weight is 321 g/mol. The van der Waals surface area contributed by atoms with Gasteiger partial charge in [-0.25, -0.2) is 0 Å². The van der Waals surface area contributed by atoms with Crippen LogP contribution in [0.15, 0.2) is 0 Å². The van der Waals surface area contributed by atoms with Crippen LogP contribution in [0.5, 0.6) is 0 Å². The van der Waals surface area contributed by atoms with E-state index in [0.717, 1.165) is 0 Å². The van der Waals surface area contributed by atoms with Crippen LogP contribution in [-0.2, 0) is 23.7 Å². The predicted molar refractivity (Wildman–Crippen MR) is 62.9 cm³/mol. The maximum Gasteiger partial charge on any atom is 0.316 e. The molecule has 109 valence electrons. The molecule has 0 aromatic rings. The number of carboxylic acid groups (broad SMARTS) is 4. The smallest absolute Gasteiger partial charge is 0.316 e. The molecule has 0 fully saturated rings. The van der Waals surface area contributed by atoms with Crippen molar-refractivity contribution in [3.8, 4) is 0 Å². The molecule has 10 nitrogen and oxygen atoms in total. The van der Waals surface area contributed by atoms with Crippen LogP contribution in [-0.4, -0.2) is 90.1 Å². The quantitative estimate of drug-likeness (QED) is 0.266. The van der Waals surface area contributed by atoms with Crippen LogP contribution in [0.25, 0.3) is 0 Å². The van der Waals surface area contributed by atoms with E-state index in [1.165, 1.54) is 0 Å². The van der Waals surface area contributed by atoms with Crippen molar-refractivity contribution < 1.29 is 49.1 Å². The summed E-state index contributed by atoms with van der Waals surface area (Å²) in [7, 11) is -5.09. The molecule has 20 heavy (non-hydrogen) atoms. The van der Waals surface area contributed by atoms with E-state index in [9.17, 15) is 28.6 Å². The molecule has 0 aliphatic rings. The first-order chi connectivity index (χ1) is 8.50. The fourth-order valence-corrected chi connectivity index (χ4v) is 3.20. The van der Waals surface area contributed by atoms with Crippen molar-refractivity contribution in [2.45, 2.75) is 24.2 Å². The number of rotatable bonds is 8. The summed E-state index contributed by atoms with van der Waals surface area (Å²) in [6, 6.07) is 0. The van der Waals surface area contributed by atoms with Crippen LogP contribution in [0, 0.1) is 0 Å². The summed E-state index contributed by atoms with van der Waals surface area (Å²) < 4.78 is 11.8. The third-order valence-corrected chi connectivity index (χ3v) is 4.79. The topological polar surface area (TPSA) is 186 Å². The Morgan fingerprint density at radius 3 is 1.20 bits per heavy atom. The normalized spacial score (nSPS) is 16.1. The van der Waals surface area contributed by atoms with Gasteiger partial charge < -0.3 is 25.3 Å². The van der Waals surface area contributed by atoms with E-state index in [0.29, 0.717) is 0 Å². The first-order valence-corrected chi connectivity index (χ1v) is 6.51. The van der Waals surface area contributed by atoms with Crippen LogP contribution in [0.3, 0.4) is 0 Å². The fraction of sp³-hybridized carbons (Fsp3) is 0.500. The number of aliphatic carboxylic acids is 4. The van der Waals surface area contributed by atoms with Crippen LogP contribution in [0.2, 0.25) is 0 Å². The zero-order valence-electron chi connectivity index (χ0n) is 10.3. The number of hydrogen-bond acceptors (Lipinski definition) is 5. The van der Waals surface area contributed by atoms with E-state index in [1.807, 2.05) is 0 Å². The fourth-order valence-electron chi connectivity index (χ4n) is 1.30. The minimum Gasteiger partial charge on any atom is -0.481 e. The Labute approximate surface area is 134 Å². The van der Waals surface area contributed by atoms with Crippen molar-refractivity contribution in [1.29, 1.82) is 0 Å². The van der Waals surface area contributed by atoms with Gasteiger partial charge in [-0.15, -0.1) is 0 Å². The van der Waals surface area contributed by atoms with E-state index in [-0.39, 0.29) is 29.6 Å². The number of carbonyl (C=O) groups is 4. The van der Waals surface area contributed by atoms with Gasteiger partial charge in [0.05, 0.1) is 12.8 Å². The maximum absolute atomic E-state index is 11.8. The Morgan fingerprint density at radius 1 is 0.800 bits per heavy atom. The third kappa shape index (κ3) is 6.02. The third-order valence-electron chi connectivity index (χ3n) is 2.20. The van der Waals surface area contributed by atoms with Gasteiger partial charge in [0.1, 0.15) is 11.3 Å². The van der Waals surface area contributed by atoms with Crippen LogP contribution < -0.4 is 0 Å². The molecule has 0 heterocycles. The average Bonchev–Trinajstić information content (AvgIpc) is 2.20. The molecule has 0 aliphatic heterocycles. The Balaban J connectivity index is 0. The van der Waals surface area contributed by atoms with Crippen LogP contribution in [0.4, 0.5) is 0 Å². The second-order valence-electron chi connectivity index (χ2n) is 3.58. The molecular weight excluding hydrogens is 310 g/mol. The molecule has 2 atom stereocenters. The van der Waals surface area contributed by atoms with Gasteiger partial charge in [-0.05, 0) is 0 Å². The van der Waals surface area contributed by atoms with Crippen molar-refractivity contribution in [3.63, 3.8) is 0 Å². The Kier molecular flexibility index (Phi) is 8.95. The predicted octanol–water partition coefficient (Wildman–Crippen LogP) is -1.27. The van der Waals surface area contributed by atoms with Crippen molar-refractivity contribution in [1.82, 2.24) is 0 Å². The molecule has 0 rings (SSSR count). The molecule has 0 saturated heterocycles. The zero-order valence-corrected chi connectivity index (χ0v) is 13.2. The first-order valence-electron chi connectivity index (χ1n) is 4.71. The van der Waals surface area contributed by atoms with Gasteiger partial charge in [0.15, 0.2) is 0 Å². The van der Waals surface area contributed by atoms with Crippen LogP contribution in [0.1, 0.15) is 12.8 Å². The zero-order chi connectivity index (χ0) is 15.4. The second kappa shape index (κ2) is 8.38. The summed E-state index contributed by atoms with van der Waals surface area (Å²) in [4.78, 5) is 51.9. The van der Waals surface area contributed by atoms with E-state index >= 15 is 0 Å². The summed E-state index contributed by atoms with van der Waals surface area (Å²) in [5, 5.41) is 34.3. The van der Waals surface area contributed by atoms with Gasteiger partial charge in [-0.1, -0.05) is 0 Å². The summed E-state index contributed by atoms with van der Waals surface area (Å²) >= 11 is 0. The van der Waals surface area contributed by atoms with Gasteiger partial charge in [-0.3, -0.25) is 23.7 Å². The monoisotopic (exact) mass is 321 g/mol. The molecule has 1 radical (unpaired) electrons. The van der Waals surface area contributed by atoms with E-state index in [1.54, 1.807) is 0 Å². The standard InChI is InChI=1S/C8H11O10P.Na/c9-5(10)1-3(7(13)14)19(17,18)4(8(15)16)2-6(11)12;/h3-4H,1-2H2,(H,9,10)(H,11,12)(H,13,14)(H,15,16)(H,17,18);. The van der Waals surface area contributed by atoms with Crippen LogP contribution >= 0.6 is 7.37 Å². The molecule has 5 N–H and O–H groups in total. The van der Waals surface area contributed by atoms with E-state index in [2.05, 4.69) is 0 Å². The van der Waals surface area contributed by atoms with Gasteiger partial charge in [-0.2, -0.15) is 0 Å². The minimum atomic E-state index is -5.09. The van der Waals surface area contributed by atoms with Gasteiger partial charge in [0.25, 0.3) is 0 Å². The Bertz CT molecular complexity index is 422. The van der Waals surface area contributed by atoms with Crippen molar-refractivity contribution >= 4 is 60.8 Å². The Morgan fingerprint density at radius 2 is 1.05 bits per heavy atom. The largest absolute Gasteiger partial charge is 0.481 e. The van der Waals surface area contributed by atoms with Crippen molar-refractivity contribution in [2.75, 3.05) is 0 Å². The minimum absolute atomic E-state index is 0. The first kappa shape index (κ1) is 21.4.